The van der Waals surface area contributed by atoms with Crippen molar-refractivity contribution >= 4 is 17.4 Å². The zero-order chi connectivity index (χ0) is 12.2. The molecule has 2 N–H and O–H groups in total. The lowest BCUT2D eigenvalue weighted by Gasteiger charge is -2.22. The quantitative estimate of drug-likeness (QED) is 0.838. The molecule has 0 spiro atoms. The third-order valence-electron chi connectivity index (χ3n) is 1.99. The molecule has 0 radical (unpaired) electrons. The molecular formula is C12H20N2OS. The highest BCUT2D eigenvalue weighted by molar-refractivity contribution is 7.07. The number of carbonyl (C=O) groups excluding carboxylic acids is 1. The van der Waals surface area contributed by atoms with E-state index in [9.17, 15) is 4.79 Å². The molecule has 1 aromatic heterocycles. The van der Waals surface area contributed by atoms with Crippen molar-refractivity contribution in [2.75, 3.05) is 0 Å². The predicted molar refractivity (Wildman–Crippen MR) is 68.9 cm³/mol. The van der Waals surface area contributed by atoms with Gasteiger partial charge in [0.1, 0.15) is 0 Å². The molecule has 0 aliphatic heterocycles. The fourth-order valence-corrected chi connectivity index (χ4v) is 2.10. The summed E-state index contributed by atoms with van der Waals surface area (Å²) in [5.41, 5.74) is 1.08. The van der Waals surface area contributed by atoms with Gasteiger partial charge in [-0.1, -0.05) is 0 Å². The van der Waals surface area contributed by atoms with E-state index < -0.39 is 0 Å². The highest BCUT2D eigenvalue weighted by Gasteiger charge is 2.15. The van der Waals surface area contributed by atoms with Crippen LogP contribution in [-0.4, -0.2) is 17.6 Å². The van der Waals surface area contributed by atoms with Crippen LogP contribution in [0.5, 0.6) is 0 Å². The van der Waals surface area contributed by atoms with E-state index in [4.69, 9.17) is 0 Å². The predicted octanol–water partition coefficient (Wildman–Crippen LogP) is 2.78. The van der Waals surface area contributed by atoms with E-state index >= 15 is 0 Å². The second kappa shape index (κ2) is 5.34. The molecule has 16 heavy (non-hydrogen) atoms. The second-order valence-electron chi connectivity index (χ2n) is 5.09. The molecule has 4 heteroatoms. The second-order valence-corrected chi connectivity index (χ2v) is 5.87. The number of rotatable bonds is 3. The SMILES string of the molecule is CC(Cc1ccsc1)NC(=O)NC(C)(C)C. The first-order valence-electron chi connectivity index (χ1n) is 5.46. The summed E-state index contributed by atoms with van der Waals surface area (Å²) in [5.74, 6) is 0. The average Bonchev–Trinajstić information content (AvgIpc) is 2.51. The Kier molecular flexibility index (Phi) is 4.35. The fraction of sp³-hybridized carbons (Fsp3) is 0.583. The van der Waals surface area contributed by atoms with Crippen molar-refractivity contribution in [1.82, 2.24) is 10.6 Å². The van der Waals surface area contributed by atoms with E-state index in [1.165, 1.54) is 5.56 Å². The van der Waals surface area contributed by atoms with E-state index in [1.807, 2.05) is 27.7 Å². The number of hydrogen-bond acceptors (Lipinski definition) is 2. The van der Waals surface area contributed by atoms with Gasteiger partial charge in [0.2, 0.25) is 0 Å². The van der Waals surface area contributed by atoms with Crippen LogP contribution in [-0.2, 0) is 6.42 Å². The minimum Gasteiger partial charge on any atom is -0.335 e. The number of urea groups is 1. The van der Waals surface area contributed by atoms with Gasteiger partial charge < -0.3 is 10.6 Å². The van der Waals surface area contributed by atoms with Gasteiger partial charge in [-0.05, 0) is 56.5 Å². The highest BCUT2D eigenvalue weighted by atomic mass is 32.1. The average molecular weight is 240 g/mol. The van der Waals surface area contributed by atoms with Gasteiger partial charge in [0.25, 0.3) is 0 Å². The lowest BCUT2D eigenvalue weighted by atomic mass is 10.1. The van der Waals surface area contributed by atoms with Crippen LogP contribution >= 0.6 is 11.3 Å². The van der Waals surface area contributed by atoms with Gasteiger partial charge in [-0.15, -0.1) is 0 Å². The molecule has 3 nitrogen and oxygen atoms in total. The van der Waals surface area contributed by atoms with E-state index in [1.54, 1.807) is 11.3 Å². The molecule has 1 unspecified atom stereocenters. The molecule has 2 amide bonds. The van der Waals surface area contributed by atoms with Crippen molar-refractivity contribution in [2.24, 2.45) is 0 Å². The molecule has 1 atom stereocenters. The summed E-state index contributed by atoms with van der Waals surface area (Å²) in [7, 11) is 0. The Morgan fingerprint density at radius 2 is 2.19 bits per heavy atom. The lowest BCUT2D eigenvalue weighted by Crippen LogP contribution is -2.49. The summed E-state index contributed by atoms with van der Waals surface area (Å²) in [4.78, 5) is 11.6. The zero-order valence-corrected chi connectivity index (χ0v) is 11.1. The molecule has 1 aromatic rings. The summed E-state index contributed by atoms with van der Waals surface area (Å²) < 4.78 is 0. The lowest BCUT2D eigenvalue weighted by molar-refractivity contribution is 0.229. The zero-order valence-electron chi connectivity index (χ0n) is 10.3. The Morgan fingerprint density at radius 3 is 2.69 bits per heavy atom. The molecular weight excluding hydrogens is 220 g/mol. The minimum absolute atomic E-state index is 0.102. The summed E-state index contributed by atoms with van der Waals surface area (Å²) in [5, 5.41) is 9.98. The summed E-state index contributed by atoms with van der Waals surface area (Å²) >= 11 is 1.68. The number of carbonyl (C=O) groups is 1. The largest absolute Gasteiger partial charge is 0.335 e. The number of thiophene rings is 1. The molecule has 90 valence electrons. The van der Waals surface area contributed by atoms with Gasteiger partial charge in [0.05, 0.1) is 0 Å². The third kappa shape index (κ3) is 5.16. The van der Waals surface area contributed by atoms with Crippen LogP contribution in [0.4, 0.5) is 4.79 Å². The van der Waals surface area contributed by atoms with Crippen molar-refractivity contribution < 1.29 is 4.79 Å². The standard InChI is InChI=1S/C12H20N2OS/c1-9(7-10-5-6-16-8-10)13-11(15)14-12(2,3)4/h5-6,8-9H,7H2,1-4H3,(H2,13,14,15). The number of amides is 2. The Labute approximate surface area is 101 Å². The van der Waals surface area contributed by atoms with Gasteiger partial charge >= 0.3 is 6.03 Å². The molecule has 1 heterocycles. The summed E-state index contributed by atoms with van der Waals surface area (Å²) in [6.45, 7) is 7.92. The van der Waals surface area contributed by atoms with Crippen LogP contribution in [0.15, 0.2) is 16.8 Å². The van der Waals surface area contributed by atoms with Crippen molar-refractivity contribution in [3.8, 4) is 0 Å². The Hall–Kier alpha value is -1.03. The van der Waals surface area contributed by atoms with E-state index in [0.29, 0.717) is 0 Å². The van der Waals surface area contributed by atoms with Crippen LogP contribution in [0.2, 0.25) is 0 Å². The summed E-state index contributed by atoms with van der Waals surface area (Å²) in [6.07, 6.45) is 0.876. The normalized spacial score (nSPS) is 13.2. The van der Waals surface area contributed by atoms with E-state index in [-0.39, 0.29) is 17.6 Å². The van der Waals surface area contributed by atoms with Gasteiger partial charge in [-0.2, -0.15) is 11.3 Å². The molecule has 0 aliphatic rings. The van der Waals surface area contributed by atoms with E-state index in [2.05, 4.69) is 27.5 Å². The molecule has 0 fully saturated rings. The smallest absolute Gasteiger partial charge is 0.315 e. The Morgan fingerprint density at radius 1 is 1.50 bits per heavy atom. The van der Waals surface area contributed by atoms with Crippen LogP contribution in [0.1, 0.15) is 33.3 Å². The minimum atomic E-state index is -0.188. The summed E-state index contributed by atoms with van der Waals surface area (Å²) in [6, 6.07) is 2.14. The molecule has 0 aliphatic carbocycles. The maximum absolute atomic E-state index is 11.6. The Balaban J connectivity index is 2.34. The van der Waals surface area contributed by atoms with Gasteiger partial charge in [-0.25, -0.2) is 4.79 Å². The maximum atomic E-state index is 11.6. The van der Waals surface area contributed by atoms with Gasteiger partial charge in [0, 0.05) is 11.6 Å². The topological polar surface area (TPSA) is 41.1 Å². The first-order chi connectivity index (χ1) is 7.37. The van der Waals surface area contributed by atoms with Crippen LogP contribution in [0, 0.1) is 0 Å². The van der Waals surface area contributed by atoms with Crippen molar-refractivity contribution in [2.45, 2.75) is 45.7 Å². The molecule has 0 aromatic carbocycles. The van der Waals surface area contributed by atoms with Crippen molar-refractivity contribution in [3.63, 3.8) is 0 Å². The highest BCUT2D eigenvalue weighted by Crippen LogP contribution is 2.08. The van der Waals surface area contributed by atoms with E-state index in [0.717, 1.165) is 6.42 Å². The fourth-order valence-electron chi connectivity index (χ4n) is 1.41. The van der Waals surface area contributed by atoms with Gasteiger partial charge in [0.15, 0.2) is 0 Å². The van der Waals surface area contributed by atoms with Crippen LogP contribution in [0.3, 0.4) is 0 Å². The molecule has 0 saturated heterocycles. The number of hydrogen-bond donors (Lipinski definition) is 2. The van der Waals surface area contributed by atoms with Crippen molar-refractivity contribution in [1.29, 1.82) is 0 Å². The van der Waals surface area contributed by atoms with Crippen LogP contribution < -0.4 is 10.6 Å². The van der Waals surface area contributed by atoms with Gasteiger partial charge in [-0.3, -0.25) is 0 Å². The third-order valence-corrected chi connectivity index (χ3v) is 2.72. The molecule has 0 bridgehead atoms. The first kappa shape index (κ1) is 13.0. The molecule has 1 rings (SSSR count). The number of nitrogens with one attached hydrogen (secondary N) is 2. The molecule has 0 saturated carbocycles. The van der Waals surface area contributed by atoms with Crippen molar-refractivity contribution in [3.05, 3.63) is 22.4 Å². The van der Waals surface area contributed by atoms with Crippen LogP contribution in [0.25, 0.3) is 0 Å². The maximum Gasteiger partial charge on any atom is 0.315 e. The first-order valence-corrected chi connectivity index (χ1v) is 6.41. The monoisotopic (exact) mass is 240 g/mol. The Bertz CT molecular complexity index is 327.